The highest BCUT2D eigenvalue weighted by Crippen LogP contribution is 2.22. The van der Waals surface area contributed by atoms with E-state index in [1.807, 2.05) is 0 Å². The van der Waals surface area contributed by atoms with Gasteiger partial charge in [0.25, 0.3) is 0 Å². The second-order valence-corrected chi connectivity index (χ2v) is 4.63. The molecule has 0 radical (unpaired) electrons. The molecular weight excluding hydrogens is 230 g/mol. The van der Waals surface area contributed by atoms with Gasteiger partial charge in [-0.15, -0.1) is 0 Å². The second-order valence-electron chi connectivity index (χ2n) is 4.63. The lowest BCUT2D eigenvalue weighted by atomic mass is 10.1. The van der Waals surface area contributed by atoms with E-state index in [-0.39, 0.29) is 5.97 Å². The molecule has 0 saturated carbocycles. The van der Waals surface area contributed by atoms with E-state index in [0.717, 1.165) is 12.8 Å². The number of hydrogen-bond acceptors (Lipinski definition) is 4. The van der Waals surface area contributed by atoms with Crippen LogP contribution in [0, 0.1) is 5.92 Å². The smallest absolute Gasteiger partial charge is 0.338 e. The van der Waals surface area contributed by atoms with E-state index < -0.39 is 0 Å². The van der Waals surface area contributed by atoms with Gasteiger partial charge >= 0.3 is 5.97 Å². The van der Waals surface area contributed by atoms with Gasteiger partial charge in [0.2, 0.25) is 0 Å². The fourth-order valence-electron chi connectivity index (χ4n) is 1.58. The Labute approximate surface area is 108 Å². The molecule has 0 saturated heterocycles. The molecule has 0 unspecified atom stereocenters. The first-order valence-electron chi connectivity index (χ1n) is 6.15. The Morgan fingerprint density at radius 2 is 2.11 bits per heavy atom. The quantitative estimate of drug-likeness (QED) is 0.480. The molecule has 0 aliphatic carbocycles. The van der Waals surface area contributed by atoms with Crippen LogP contribution in [0.25, 0.3) is 0 Å². The van der Waals surface area contributed by atoms with Crippen LogP contribution in [0.4, 0.5) is 5.69 Å². The number of hydrogen-bond donors (Lipinski definition) is 1. The zero-order valence-electron chi connectivity index (χ0n) is 11.2. The van der Waals surface area contributed by atoms with E-state index in [2.05, 4.69) is 13.8 Å². The van der Waals surface area contributed by atoms with Crippen LogP contribution >= 0.6 is 0 Å². The van der Waals surface area contributed by atoms with E-state index in [1.165, 1.54) is 7.11 Å². The summed E-state index contributed by atoms with van der Waals surface area (Å²) in [6, 6.07) is 4.88. The lowest BCUT2D eigenvalue weighted by molar-refractivity contribution is 0.0494. The number of anilines is 1. The number of benzene rings is 1. The Balaban J connectivity index is 2.51. The van der Waals surface area contributed by atoms with Crippen molar-refractivity contribution in [2.75, 3.05) is 19.5 Å². The largest absolute Gasteiger partial charge is 0.495 e. The van der Waals surface area contributed by atoms with Gasteiger partial charge in [0.05, 0.1) is 25.0 Å². The van der Waals surface area contributed by atoms with Crippen molar-refractivity contribution in [2.24, 2.45) is 5.92 Å². The van der Waals surface area contributed by atoms with Crippen LogP contribution in [0.5, 0.6) is 5.75 Å². The summed E-state index contributed by atoms with van der Waals surface area (Å²) < 4.78 is 10.2. The molecule has 2 N–H and O–H groups in total. The lowest BCUT2D eigenvalue weighted by Gasteiger charge is -2.08. The molecule has 0 atom stereocenters. The monoisotopic (exact) mass is 251 g/mol. The molecule has 4 heteroatoms. The molecule has 1 aromatic rings. The third kappa shape index (κ3) is 4.28. The summed E-state index contributed by atoms with van der Waals surface area (Å²) in [7, 11) is 1.52. The van der Waals surface area contributed by atoms with Crippen molar-refractivity contribution >= 4 is 11.7 Å². The number of rotatable bonds is 6. The van der Waals surface area contributed by atoms with Crippen molar-refractivity contribution < 1.29 is 14.3 Å². The van der Waals surface area contributed by atoms with Gasteiger partial charge in [-0.3, -0.25) is 0 Å². The summed E-state index contributed by atoms with van der Waals surface area (Å²) in [6.45, 7) is 4.74. The van der Waals surface area contributed by atoms with Gasteiger partial charge in [-0.2, -0.15) is 0 Å². The fourth-order valence-corrected chi connectivity index (χ4v) is 1.58. The van der Waals surface area contributed by atoms with Gasteiger partial charge in [0, 0.05) is 0 Å². The molecule has 100 valence electrons. The Hall–Kier alpha value is -1.71. The van der Waals surface area contributed by atoms with E-state index in [9.17, 15) is 4.79 Å². The van der Waals surface area contributed by atoms with Crippen LogP contribution in [0.3, 0.4) is 0 Å². The van der Waals surface area contributed by atoms with Crippen molar-refractivity contribution in [3.05, 3.63) is 23.8 Å². The molecule has 0 aliphatic heterocycles. The van der Waals surface area contributed by atoms with Crippen LogP contribution in [-0.2, 0) is 4.74 Å². The van der Waals surface area contributed by atoms with E-state index >= 15 is 0 Å². The molecule has 0 bridgehead atoms. The average Bonchev–Trinajstić information content (AvgIpc) is 2.34. The molecule has 4 nitrogen and oxygen atoms in total. The summed E-state index contributed by atoms with van der Waals surface area (Å²) in [5.74, 6) is 0.781. The third-order valence-corrected chi connectivity index (χ3v) is 2.63. The third-order valence-electron chi connectivity index (χ3n) is 2.63. The Bertz CT molecular complexity index is 402. The standard InChI is InChI=1S/C14H21NO3/c1-10(2)5-4-8-18-14(16)11-6-7-12(15)13(9-11)17-3/h6-7,9-10H,4-5,8,15H2,1-3H3. The Morgan fingerprint density at radius 3 is 2.72 bits per heavy atom. The first kappa shape index (κ1) is 14.4. The normalized spacial score (nSPS) is 10.4. The predicted octanol–water partition coefficient (Wildman–Crippen LogP) is 2.87. The van der Waals surface area contributed by atoms with Gasteiger partial charge in [0.15, 0.2) is 0 Å². The highest BCUT2D eigenvalue weighted by molar-refractivity contribution is 5.90. The predicted molar refractivity (Wildman–Crippen MR) is 71.8 cm³/mol. The van der Waals surface area contributed by atoms with Crippen LogP contribution < -0.4 is 10.5 Å². The van der Waals surface area contributed by atoms with Gasteiger partial charge in [-0.05, 0) is 37.0 Å². The molecular formula is C14H21NO3. The zero-order valence-corrected chi connectivity index (χ0v) is 11.2. The molecule has 0 heterocycles. The maximum absolute atomic E-state index is 11.8. The summed E-state index contributed by atoms with van der Waals surface area (Å²) in [5, 5.41) is 0. The van der Waals surface area contributed by atoms with Crippen LogP contribution in [0.2, 0.25) is 0 Å². The SMILES string of the molecule is COc1cc(C(=O)OCCCC(C)C)ccc1N. The number of esters is 1. The molecule has 0 aliphatic rings. The molecule has 0 spiro atoms. The van der Waals surface area contributed by atoms with Crippen LogP contribution in [0.1, 0.15) is 37.0 Å². The summed E-state index contributed by atoms with van der Waals surface area (Å²) in [6.07, 6.45) is 1.94. The topological polar surface area (TPSA) is 61.5 Å². The van der Waals surface area contributed by atoms with Crippen molar-refractivity contribution in [3.63, 3.8) is 0 Å². The van der Waals surface area contributed by atoms with Gasteiger partial charge in [-0.1, -0.05) is 13.8 Å². The van der Waals surface area contributed by atoms with Gasteiger partial charge < -0.3 is 15.2 Å². The molecule has 0 amide bonds. The van der Waals surface area contributed by atoms with E-state index in [1.54, 1.807) is 18.2 Å². The maximum Gasteiger partial charge on any atom is 0.338 e. The second kappa shape index (κ2) is 6.89. The maximum atomic E-state index is 11.8. The number of nitrogen functional groups attached to an aromatic ring is 1. The molecule has 0 fully saturated rings. The molecule has 0 aromatic heterocycles. The number of carbonyl (C=O) groups is 1. The summed E-state index contributed by atoms with van der Waals surface area (Å²) in [4.78, 5) is 11.8. The Kier molecular flexibility index (Phi) is 5.49. The van der Waals surface area contributed by atoms with Gasteiger partial charge in [-0.25, -0.2) is 4.79 Å². The molecule has 1 rings (SSSR count). The average molecular weight is 251 g/mol. The van der Waals surface area contributed by atoms with Crippen molar-refractivity contribution in [2.45, 2.75) is 26.7 Å². The van der Waals surface area contributed by atoms with Crippen molar-refractivity contribution in [3.8, 4) is 5.75 Å². The van der Waals surface area contributed by atoms with Crippen LogP contribution in [0.15, 0.2) is 18.2 Å². The number of ether oxygens (including phenoxy) is 2. The van der Waals surface area contributed by atoms with Crippen LogP contribution in [-0.4, -0.2) is 19.7 Å². The number of carbonyl (C=O) groups excluding carboxylic acids is 1. The minimum absolute atomic E-state index is 0.336. The molecule has 18 heavy (non-hydrogen) atoms. The van der Waals surface area contributed by atoms with Crippen molar-refractivity contribution in [1.29, 1.82) is 0 Å². The zero-order chi connectivity index (χ0) is 13.5. The lowest BCUT2D eigenvalue weighted by Crippen LogP contribution is -2.07. The van der Waals surface area contributed by atoms with Gasteiger partial charge in [0.1, 0.15) is 5.75 Å². The highest BCUT2D eigenvalue weighted by Gasteiger charge is 2.10. The minimum Gasteiger partial charge on any atom is -0.495 e. The van der Waals surface area contributed by atoms with E-state index in [4.69, 9.17) is 15.2 Å². The first-order chi connectivity index (χ1) is 8.54. The van der Waals surface area contributed by atoms with E-state index in [0.29, 0.717) is 29.5 Å². The summed E-state index contributed by atoms with van der Waals surface area (Å²) in [5.41, 5.74) is 6.65. The summed E-state index contributed by atoms with van der Waals surface area (Å²) >= 11 is 0. The Morgan fingerprint density at radius 1 is 1.39 bits per heavy atom. The number of methoxy groups -OCH3 is 1. The first-order valence-corrected chi connectivity index (χ1v) is 6.15. The van der Waals surface area contributed by atoms with Crippen molar-refractivity contribution in [1.82, 2.24) is 0 Å². The highest BCUT2D eigenvalue weighted by atomic mass is 16.5. The minimum atomic E-state index is -0.336. The number of nitrogens with two attached hydrogens (primary N) is 1. The molecule has 1 aromatic carbocycles. The fraction of sp³-hybridized carbons (Fsp3) is 0.500.